The molecule has 2 aromatic rings. The number of aromatic nitrogens is 1. The lowest BCUT2D eigenvalue weighted by Gasteiger charge is -2.44. The van der Waals surface area contributed by atoms with Crippen LogP contribution in [-0.2, 0) is 65.8 Å². The van der Waals surface area contributed by atoms with Crippen LogP contribution < -0.4 is 31.9 Å². The highest BCUT2D eigenvalue weighted by Crippen LogP contribution is 2.46. The molecule has 0 bridgehead atoms. The topological polar surface area (TPSA) is 484 Å². The number of benzene rings is 1. The number of likely N-dealkylation sites (tertiary alicyclic amines) is 3. The zero-order chi connectivity index (χ0) is 108. The number of aliphatic carboxylic acids is 1. The minimum atomic E-state index is -2.02. The molecule has 1 unspecified atom stereocenters. The number of quaternary nitrogens is 2. The molecule has 141 heavy (non-hydrogen) atoms. The predicted molar refractivity (Wildman–Crippen MR) is 560 cm³/mol. The number of imide groups is 1. The zero-order valence-electron chi connectivity index (χ0n) is 91.8. The van der Waals surface area contributed by atoms with Crippen molar-refractivity contribution >= 4 is 111 Å². The third-order valence-corrected chi connectivity index (χ3v) is 46.1. The summed E-state index contributed by atoms with van der Waals surface area (Å²) in [7, 11) is -5.80. The summed E-state index contributed by atoms with van der Waals surface area (Å²) in [5.41, 5.74) is 2.30. The molecule has 9 fully saturated rings. The first-order valence-electron chi connectivity index (χ1n) is 51.7. The highest BCUT2D eigenvalue weighted by Gasteiger charge is 2.52. The van der Waals surface area contributed by atoms with Crippen molar-refractivity contribution in [3.63, 3.8) is 0 Å². The Bertz CT molecular complexity index is 4130. The van der Waals surface area contributed by atoms with E-state index in [2.05, 4.69) is 197 Å². The maximum absolute atomic E-state index is 12.7. The van der Waals surface area contributed by atoms with Gasteiger partial charge in [-0.25, -0.2) is 33.9 Å². The molecule has 38 heteroatoms. The van der Waals surface area contributed by atoms with E-state index < -0.39 is 77.7 Å². The van der Waals surface area contributed by atoms with Crippen LogP contribution in [0.25, 0.3) is 10.8 Å². The molecular formula is C103H188BrN11O23Si3+2. The molecular weight excluding hydrogens is 1920 g/mol. The summed E-state index contributed by atoms with van der Waals surface area (Å²) in [6, 6.07) is 11.2. The summed E-state index contributed by atoms with van der Waals surface area (Å²) in [5.74, 6) is -1.42. The first kappa shape index (κ1) is 130. The number of ether oxygens (including phenoxy) is 4. The Hall–Kier alpha value is -6.85. The minimum Gasteiger partial charge on any atom is -0.480 e. The average molecular weight is 2110 g/mol. The molecule has 11 rings (SSSR count). The number of rotatable bonds is 25. The smallest absolute Gasteiger partial charge is 0.417 e. The van der Waals surface area contributed by atoms with Gasteiger partial charge in [0.1, 0.15) is 58.5 Å². The minimum absolute atomic E-state index is 0.0174. The Morgan fingerprint density at radius 2 is 0.915 bits per heavy atom. The molecule has 1 aromatic heterocycles. The van der Waals surface area contributed by atoms with E-state index in [-0.39, 0.29) is 91.1 Å². The van der Waals surface area contributed by atoms with Gasteiger partial charge < -0.3 is 99.7 Å². The second kappa shape index (κ2) is 61.1. The van der Waals surface area contributed by atoms with Gasteiger partial charge in [-0.05, 0) is 228 Å². The Labute approximate surface area is 855 Å². The lowest BCUT2D eigenvalue weighted by atomic mass is 10.1. The maximum Gasteiger partial charge on any atom is 0.417 e. The number of aliphatic hydroxyl groups is 5. The van der Waals surface area contributed by atoms with Crippen LogP contribution in [0.2, 0.25) is 49.9 Å². The first-order valence-corrected chi connectivity index (χ1v) is 58.9. The van der Waals surface area contributed by atoms with Crippen molar-refractivity contribution in [1.29, 1.82) is 5.26 Å². The molecule has 13 atom stereocenters. The number of amides is 8. The molecule has 34 nitrogen and oxygen atoms in total. The monoisotopic (exact) mass is 2110 g/mol. The van der Waals surface area contributed by atoms with E-state index in [9.17, 15) is 53.1 Å². The van der Waals surface area contributed by atoms with E-state index in [0.717, 1.165) is 59.4 Å². The van der Waals surface area contributed by atoms with E-state index in [1.807, 2.05) is 93.5 Å². The molecule has 810 valence electrons. The highest BCUT2D eigenvalue weighted by atomic mass is 79.9. The van der Waals surface area contributed by atoms with Crippen LogP contribution in [0.5, 0.6) is 0 Å². The highest BCUT2D eigenvalue weighted by molar-refractivity contribution is 9.10. The number of hydrogen-bond donors (Lipinski definition) is 12. The molecule has 9 aliphatic rings. The number of nitrogens with one attached hydrogen (secondary N) is 4. The molecule has 1 aromatic carbocycles. The Morgan fingerprint density at radius 1 is 0.504 bits per heavy atom. The number of carboxylic acid groups (broad SMARTS) is 1. The molecule has 0 radical (unpaired) electrons. The number of aliphatic hydroxyl groups excluding tert-OH is 4. The molecule has 9 aliphatic heterocycles. The number of hydrogen-bond acceptors (Lipinski definition) is 24. The van der Waals surface area contributed by atoms with Crippen LogP contribution in [-0.4, -0.2) is 283 Å². The number of carbonyl (C=O) groups excluding carboxylic acids is 9. The standard InChI is InChI=1S/C20H41NO4Si.C19H37NO4Si.C14H29NO2Si.C11H21NO3.C10H5BrN2.C7H11NO3.2C6H13NO.C5H7NO3.C5H9NO2/c1-14(2)26(15(3)4,16(5)6)24-13-17-11-12-20(10,23)21(17)18(22)25-19(7,8)9;1-13(2)25(14(3)4,15(5)6)23-12-16-10-11-17(21)20(16)18(22)24-19(7,8)9;1-10(2)18(11(3)4,12(5)6)17-9-13-7-8-14(16)15-13;1-8-5-6-9(7-13)12(8)10(14)15-11(2,3)4;11-8-1-2-9-7(5-8)3-4-13-10(9)6-12;1-2-11-7(10)5-3-4-6(9)8-5;2*1-5-2-3-6(4-8)7-5;7-4-2-1-3(6-4)5(8)9;7-3-4-1-2-5(8)6-4/h14-17,23H,11-13H2,1-10H3;13-16H,10-12H2,1-9H3;10-13H,7-9H2,1-6H3,(H,15,16);8-9,13H,5-7H2,1-4H3;1-5H;5H,2-4H2,1H3,(H,8,9);2*5-8H,2-4H2,1H3;3H,1-2H2,(H,6,7)(H,8,9);4,7H,1-3H2,(H,6,8)/p+2/t17-,20?;16-;13-;8-,9-;;5-;2*5-,6-;3-;4-/m0000.00000/s1. The lowest BCUT2D eigenvalue weighted by Crippen LogP contribution is -2.91. The van der Waals surface area contributed by atoms with Gasteiger partial charge in [-0.1, -0.05) is 147 Å². The Balaban J connectivity index is 0.000000544. The van der Waals surface area contributed by atoms with Gasteiger partial charge in [0.15, 0.2) is 25.0 Å². The number of nitrogens with zero attached hydrogens (tertiary/aromatic N) is 5. The van der Waals surface area contributed by atoms with Crippen molar-refractivity contribution < 1.29 is 121 Å². The number of carbonyl (C=O) groups is 10. The molecule has 0 aliphatic carbocycles. The van der Waals surface area contributed by atoms with Crippen molar-refractivity contribution in [2.24, 2.45) is 0 Å². The Kier molecular flexibility index (Phi) is 56.4. The quantitative estimate of drug-likeness (QED) is 0.0249. The maximum atomic E-state index is 12.7. The van der Waals surface area contributed by atoms with Gasteiger partial charge >= 0.3 is 30.2 Å². The van der Waals surface area contributed by atoms with Gasteiger partial charge in [0.2, 0.25) is 29.5 Å². The predicted octanol–water partition coefficient (Wildman–Crippen LogP) is 15.1. The van der Waals surface area contributed by atoms with E-state index >= 15 is 0 Å². The summed E-state index contributed by atoms with van der Waals surface area (Å²) in [6.45, 7) is 69.7. The number of halogens is 1. The van der Waals surface area contributed by atoms with Gasteiger partial charge in [-0.15, -0.1) is 0 Å². The van der Waals surface area contributed by atoms with E-state index in [4.69, 9.17) is 63.0 Å². The van der Waals surface area contributed by atoms with Crippen LogP contribution in [0.4, 0.5) is 14.4 Å². The van der Waals surface area contributed by atoms with Crippen LogP contribution in [0.15, 0.2) is 34.9 Å². The number of pyridine rings is 1. The summed E-state index contributed by atoms with van der Waals surface area (Å²) in [4.78, 5) is 121. The molecule has 8 amide bonds. The number of nitrogens with two attached hydrogens (primary N) is 2. The van der Waals surface area contributed by atoms with Crippen molar-refractivity contribution in [2.45, 2.75) is 482 Å². The molecule has 0 saturated carbocycles. The average Bonchev–Trinajstić information content (AvgIpc) is 1.42. The number of carboxylic acids is 1. The van der Waals surface area contributed by atoms with Crippen LogP contribution in [0.3, 0.4) is 0 Å². The van der Waals surface area contributed by atoms with Crippen molar-refractivity contribution in [1.82, 2.24) is 41.0 Å². The number of fused-ring (bicyclic) bond motifs is 1. The van der Waals surface area contributed by atoms with Crippen molar-refractivity contribution in [3.05, 3.63) is 40.6 Å². The van der Waals surface area contributed by atoms with E-state index in [0.29, 0.717) is 165 Å². The summed E-state index contributed by atoms with van der Waals surface area (Å²) >= 11 is 3.38. The largest absolute Gasteiger partial charge is 0.480 e. The van der Waals surface area contributed by atoms with E-state index in [1.54, 1.807) is 24.9 Å². The first-order chi connectivity index (χ1) is 65.3. The fraction of sp³-hybridized carbons (Fsp3) is 0.806. The van der Waals surface area contributed by atoms with Crippen LogP contribution >= 0.6 is 15.9 Å². The Morgan fingerprint density at radius 3 is 1.26 bits per heavy atom. The third kappa shape index (κ3) is 42.5. The SMILES string of the molecule is CC(C)[Si](OC[C@@H]1CCC(=O)N1)(C(C)C)C(C)C.CC(C)[Si](OC[C@@H]1CCC(=O)N1C(=O)OC(C)(C)C)(C(C)C)C(C)C.CC(C)[Si](OC[C@@H]1CCC(C)(O)N1C(=O)OC(C)(C)C)(C(C)C)C(C)C.CCOC(=O)[C@@H]1CCC(=O)N1.C[C@H]1CC[C@@H](CO)N1C(=O)OC(C)(C)C.C[C@H]1CC[C@@H](CO)[NH2+]1.C[C@H]1CC[C@@H](CO)[NH2+]1.N#Cc1nccc2cc(Br)ccc12.O=C1CC[C@@H](C(=O)O)N1.O=C1CC[C@@H](CO)N1. The fourth-order valence-electron chi connectivity index (χ4n) is 20.7. The number of esters is 1. The molecule has 9 saturated heterocycles. The lowest BCUT2D eigenvalue weighted by molar-refractivity contribution is -0.700. The van der Waals surface area contributed by atoms with E-state index in [1.165, 1.54) is 35.5 Å². The zero-order valence-corrected chi connectivity index (χ0v) is 96.4. The molecule has 14 N–H and O–H groups in total. The van der Waals surface area contributed by atoms with Gasteiger partial charge in [0.25, 0.3) is 0 Å². The number of nitriles is 1. The summed E-state index contributed by atoms with van der Waals surface area (Å²) in [6.07, 6.45) is 14.1. The van der Waals surface area contributed by atoms with Gasteiger partial charge in [0.05, 0.1) is 95.1 Å². The van der Waals surface area contributed by atoms with Gasteiger partial charge in [-0.2, -0.15) is 5.26 Å². The normalized spacial score (nSPS) is 23.9. The molecule has 0 spiro atoms. The van der Waals surface area contributed by atoms with Crippen molar-refractivity contribution in [2.75, 3.05) is 52.9 Å². The second-order valence-electron chi connectivity index (χ2n) is 44.9. The molecule has 10 heterocycles. The van der Waals surface area contributed by atoms with Crippen molar-refractivity contribution in [3.8, 4) is 6.07 Å². The second-order valence-corrected chi connectivity index (χ2v) is 62.2. The third-order valence-electron chi connectivity index (χ3n) is 27.4. The summed E-state index contributed by atoms with van der Waals surface area (Å²) < 4.78 is 41.7. The van der Waals surface area contributed by atoms with Gasteiger partial charge in [0, 0.05) is 79.9 Å². The van der Waals surface area contributed by atoms with Crippen LogP contribution in [0, 0.1) is 11.3 Å². The fourth-order valence-corrected chi connectivity index (χ4v) is 37.6. The summed E-state index contributed by atoms with van der Waals surface area (Å²) in [5, 5.41) is 79.6. The van der Waals surface area contributed by atoms with Crippen LogP contribution in [0.1, 0.15) is 343 Å². The van der Waals surface area contributed by atoms with Gasteiger partial charge in [-0.3, -0.25) is 28.9 Å².